The van der Waals surface area contributed by atoms with Crippen LogP contribution in [0.25, 0.3) is 22.2 Å². The first-order valence-corrected chi connectivity index (χ1v) is 13.2. The normalized spacial score (nSPS) is 16.2. The number of nitrogens with one attached hydrogen (secondary N) is 1. The smallest absolute Gasteiger partial charge is 0.404 e. The number of amides is 1. The minimum Gasteiger partial charge on any atom is -0.465 e. The fraction of sp³-hybridized carbons (Fsp3) is 0.417. The Bertz CT molecular complexity index is 1370. The second-order valence-electron chi connectivity index (χ2n) is 10.0. The number of piperazine rings is 1. The highest BCUT2D eigenvalue weighted by molar-refractivity contribution is 7.89. The first kappa shape index (κ1) is 25.7. The molecule has 0 aliphatic carbocycles. The molecule has 1 fully saturated rings. The molecule has 1 aliphatic heterocycles. The van der Waals surface area contributed by atoms with E-state index in [1.54, 1.807) is 12.4 Å². The van der Waals surface area contributed by atoms with Gasteiger partial charge in [0.2, 0.25) is 10.0 Å². The number of hydrogen-bond donors (Lipinski definition) is 3. The van der Waals surface area contributed by atoms with Gasteiger partial charge in [0.1, 0.15) is 10.7 Å². The van der Waals surface area contributed by atoms with Gasteiger partial charge in [0.25, 0.3) is 0 Å². The summed E-state index contributed by atoms with van der Waals surface area (Å²) in [5.74, 6) is 0.756. The third-order valence-corrected chi connectivity index (χ3v) is 7.27. The third kappa shape index (κ3) is 6.07. The molecule has 1 aromatic carbocycles. The molecule has 3 heterocycles. The van der Waals surface area contributed by atoms with Crippen LogP contribution >= 0.6 is 0 Å². The minimum atomic E-state index is -3.86. The molecule has 12 heteroatoms. The molecular formula is C24H31N7O4S. The standard InChI is InChI=1S/C24H31N7O4S/c1-24(2,3)21(29-23(32)33)15-30-6-8-31(9-7-30)22-14-27-19-5-4-16(11-20(19)28-22)17-10-18(13-26-12-17)36(25,34)35/h4-5,10-14,21,29H,6-9,15H2,1-3H3,(H,32,33)(H2,25,34,35). The van der Waals surface area contributed by atoms with Crippen LogP contribution in [0.3, 0.4) is 0 Å². The highest BCUT2D eigenvalue weighted by atomic mass is 32.2. The van der Waals surface area contributed by atoms with Crippen molar-refractivity contribution >= 4 is 33.0 Å². The average molecular weight is 514 g/mol. The van der Waals surface area contributed by atoms with Crippen molar-refractivity contribution < 1.29 is 18.3 Å². The summed E-state index contributed by atoms with van der Waals surface area (Å²) in [4.78, 5) is 29.0. The third-order valence-electron chi connectivity index (χ3n) is 6.38. The van der Waals surface area contributed by atoms with E-state index in [-0.39, 0.29) is 16.4 Å². The predicted octanol–water partition coefficient (Wildman–Crippen LogP) is 2.14. The van der Waals surface area contributed by atoms with Gasteiger partial charge in [-0.05, 0) is 29.2 Å². The zero-order valence-corrected chi connectivity index (χ0v) is 21.4. The number of fused-ring (bicyclic) bond motifs is 1. The molecule has 0 bridgehead atoms. The number of carboxylic acid groups (broad SMARTS) is 1. The number of primary sulfonamides is 1. The number of nitrogens with two attached hydrogens (primary N) is 1. The van der Waals surface area contributed by atoms with E-state index in [9.17, 15) is 18.3 Å². The number of hydrogen-bond acceptors (Lipinski definition) is 8. The Kier molecular flexibility index (Phi) is 7.12. The van der Waals surface area contributed by atoms with E-state index in [4.69, 9.17) is 10.1 Å². The fourth-order valence-corrected chi connectivity index (χ4v) is 4.67. The number of carbonyl (C=O) groups is 1. The van der Waals surface area contributed by atoms with E-state index >= 15 is 0 Å². The first-order chi connectivity index (χ1) is 16.9. The summed E-state index contributed by atoms with van der Waals surface area (Å²) < 4.78 is 23.4. The Morgan fingerprint density at radius 1 is 1.08 bits per heavy atom. The molecule has 1 amide bonds. The predicted molar refractivity (Wildman–Crippen MR) is 137 cm³/mol. The van der Waals surface area contributed by atoms with E-state index in [0.29, 0.717) is 17.6 Å². The van der Waals surface area contributed by atoms with E-state index < -0.39 is 16.1 Å². The number of rotatable bonds is 6. The molecule has 4 N–H and O–H groups in total. The SMILES string of the molecule is CC(C)(C)C(CN1CCN(c2cnc3ccc(-c4cncc(S(N)(=O)=O)c4)cc3n2)CC1)NC(=O)O. The number of pyridine rings is 1. The Balaban J connectivity index is 1.49. The van der Waals surface area contributed by atoms with Crippen LogP contribution in [0.1, 0.15) is 20.8 Å². The molecule has 1 aliphatic rings. The van der Waals surface area contributed by atoms with Crippen LogP contribution in [0.15, 0.2) is 47.8 Å². The molecule has 0 radical (unpaired) electrons. The van der Waals surface area contributed by atoms with Gasteiger partial charge in [-0.15, -0.1) is 0 Å². The van der Waals surface area contributed by atoms with Crippen molar-refractivity contribution in [3.8, 4) is 11.1 Å². The van der Waals surface area contributed by atoms with Crippen molar-refractivity contribution in [1.82, 2.24) is 25.2 Å². The lowest BCUT2D eigenvalue weighted by atomic mass is 9.86. The van der Waals surface area contributed by atoms with Gasteiger partial charge in [0.05, 0.1) is 17.2 Å². The molecular weight excluding hydrogens is 482 g/mol. The van der Waals surface area contributed by atoms with Crippen molar-refractivity contribution in [2.24, 2.45) is 10.6 Å². The second-order valence-corrected chi connectivity index (χ2v) is 11.6. The van der Waals surface area contributed by atoms with Crippen molar-refractivity contribution in [1.29, 1.82) is 0 Å². The van der Waals surface area contributed by atoms with Crippen LogP contribution in [0.4, 0.5) is 10.6 Å². The maximum Gasteiger partial charge on any atom is 0.404 e. The summed E-state index contributed by atoms with van der Waals surface area (Å²) in [6.45, 7) is 9.77. The largest absolute Gasteiger partial charge is 0.465 e. The average Bonchev–Trinajstić information content (AvgIpc) is 2.82. The van der Waals surface area contributed by atoms with Crippen LogP contribution in [0.5, 0.6) is 0 Å². The lowest BCUT2D eigenvalue weighted by Gasteiger charge is -2.40. The number of anilines is 1. The van der Waals surface area contributed by atoms with Crippen LogP contribution in [-0.2, 0) is 10.0 Å². The number of nitrogens with zero attached hydrogens (tertiary/aromatic N) is 5. The van der Waals surface area contributed by atoms with Gasteiger partial charge >= 0.3 is 6.09 Å². The molecule has 1 saturated heterocycles. The molecule has 36 heavy (non-hydrogen) atoms. The summed E-state index contributed by atoms with van der Waals surface area (Å²) in [7, 11) is -3.86. The van der Waals surface area contributed by atoms with Crippen molar-refractivity contribution in [2.45, 2.75) is 31.7 Å². The molecule has 1 unspecified atom stereocenters. The fourth-order valence-electron chi connectivity index (χ4n) is 4.17. The van der Waals surface area contributed by atoms with Crippen LogP contribution < -0.4 is 15.4 Å². The van der Waals surface area contributed by atoms with Crippen molar-refractivity contribution in [3.63, 3.8) is 0 Å². The summed E-state index contributed by atoms with van der Waals surface area (Å²) in [5, 5.41) is 17.1. The highest BCUT2D eigenvalue weighted by Crippen LogP contribution is 2.26. The monoisotopic (exact) mass is 513 g/mol. The van der Waals surface area contributed by atoms with Gasteiger partial charge in [-0.25, -0.2) is 23.3 Å². The van der Waals surface area contributed by atoms with Crippen molar-refractivity contribution in [2.75, 3.05) is 37.6 Å². The molecule has 0 spiro atoms. The lowest BCUT2D eigenvalue weighted by molar-refractivity contribution is 0.145. The number of benzene rings is 1. The van der Waals surface area contributed by atoms with Crippen LogP contribution in [0.2, 0.25) is 0 Å². The molecule has 4 rings (SSSR count). The molecule has 2 aromatic heterocycles. The zero-order valence-electron chi connectivity index (χ0n) is 20.5. The second kappa shape index (κ2) is 9.96. The first-order valence-electron chi connectivity index (χ1n) is 11.6. The summed E-state index contributed by atoms with van der Waals surface area (Å²) in [6, 6.07) is 6.85. The van der Waals surface area contributed by atoms with Gasteiger partial charge in [-0.3, -0.25) is 14.9 Å². The number of sulfonamides is 1. The summed E-state index contributed by atoms with van der Waals surface area (Å²) in [6.07, 6.45) is 3.55. The van der Waals surface area contributed by atoms with E-state index in [1.165, 1.54) is 12.3 Å². The Morgan fingerprint density at radius 2 is 1.81 bits per heavy atom. The molecule has 1 atom stereocenters. The molecule has 3 aromatic rings. The van der Waals surface area contributed by atoms with Gasteiger partial charge < -0.3 is 15.3 Å². The zero-order chi connectivity index (χ0) is 26.1. The van der Waals surface area contributed by atoms with E-state index in [0.717, 1.165) is 43.1 Å². The minimum absolute atomic E-state index is 0.0509. The lowest BCUT2D eigenvalue weighted by Crippen LogP contribution is -2.55. The van der Waals surface area contributed by atoms with Gasteiger partial charge in [-0.1, -0.05) is 26.8 Å². The van der Waals surface area contributed by atoms with E-state index in [2.05, 4.69) is 25.1 Å². The maximum atomic E-state index is 11.7. The summed E-state index contributed by atoms with van der Waals surface area (Å²) >= 11 is 0. The Hall–Kier alpha value is -3.35. The Morgan fingerprint density at radius 3 is 2.44 bits per heavy atom. The van der Waals surface area contributed by atoms with Crippen molar-refractivity contribution in [3.05, 3.63) is 42.9 Å². The quantitative estimate of drug-likeness (QED) is 0.449. The number of aromatic nitrogens is 3. The van der Waals surface area contributed by atoms with Crippen LogP contribution in [-0.4, -0.2) is 78.2 Å². The maximum absolute atomic E-state index is 11.7. The highest BCUT2D eigenvalue weighted by Gasteiger charge is 2.29. The van der Waals surface area contributed by atoms with E-state index in [1.807, 2.05) is 39.0 Å². The van der Waals surface area contributed by atoms with Gasteiger partial charge in [0.15, 0.2) is 0 Å². The Labute approximate surface area is 210 Å². The molecule has 192 valence electrons. The van der Waals surface area contributed by atoms with Gasteiger partial charge in [0, 0.05) is 56.7 Å². The van der Waals surface area contributed by atoms with Crippen LogP contribution in [0, 0.1) is 5.41 Å². The molecule has 11 nitrogen and oxygen atoms in total. The van der Waals surface area contributed by atoms with Gasteiger partial charge in [-0.2, -0.15) is 0 Å². The molecule has 0 saturated carbocycles. The summed E-state index contributed by atoms with van der Waals surface area (Å²) in [5.41, 5.74) is 2.60. The topological polar surface area (TPSA) is 155 Å².